The molecule has 0 saturated heterocycles. The van der Waals surface area contributed by atoms with Crippen molar-refractivity contribution in [3.05, 3.63) is 34.8 Å². The molecule has 0 amide bonds. The Labute approximate surface area is 98.4 Å². The second-order valence-corrected chi connectivity index (χ2v) is 4.23. The molecule has 0 saturated carbocycles. The fourth-order valence-corrected chi connectivity index (χ4v) is 1.42. The van der Waals surface area contributed by atoms with Gasteiger partial charge in [0.25, 0.3) is 0 Å². The van der Waals surface area contributed by atoms with Crippen molar-refractivity contribution in [2.75, 3.05) is 0 Å². The highest BCUT2D eigenvalue weighted by atomic mass is 79.9. The molecule has 0 spiro atoms. The SMILES string of the molecule is C/C=C(/Br)C(N)=Nc1ccccc1P=O. The molecule has 0 bridgehead atoms. The molecule has 2 N–H and O–H groups in total. The first-order valence-corrected chi connectivity index (χ1v) is 5.88. The van der Waals surface area contributed by atoms with Crippen LogP contribution in [0.2, 0.25) is 0 Å². The van der Waals surface area contributed by atoms with Gasteiger partial charge in [0.2, 0.25) is 0 Å². The number of hydrogen-bond donors (Lipinski definition) is 1. The molecule has 1 rings (SSSR count). The van der Waals surface area contributed by atoms with Gasteiger partial charge in [-0.25, -0.2) is 4.99 Å². The molecule has 0 fully saturated rings. The average molecular weight is 285 g/mol. The summed E-state index contributed by atoms with van der Waals surface area (Å²) in [6, 6.07) is 7.14. The van der Waals surface area contributed by atoms with Gasteiger partial charge in [-0.15, -0.1) is 0 Å². The number of hydrogen-bond acceptors (Lipinski definition) is 2. The van der Waals surface area contributed by atoms with Crippen molar-refractivity contribution in [1.82, 2.24) is 0 Å². The van der Waals surface area contributed by atoms with Crippen molar-refractivity contribution in [3.63, 3.8) is 0 Å². The first-order chi connectivity index (χ1) is 7.19. The van der Waals surface area contributed by atoms with E-state index >= 15 is 0 Å². The van der Waals surface area contributed by atoms with Gasteiger partial charge in [-0.3, -0.25) is 4.57 Å². The number of benzene rings is 1. The van der Waals surface area contributed by atoms with Crippen LogP contribution in [0, 0.1) is 0 Å². The topological polar surface area (TPSA) is 55.4 Å². The third-order valence-electron chi connectivity index (χ3n) is 1.72. The van der Waals surface area contributed by atoms with Gasteiger partial charge in [0.1, 0.15) is 5.84 Å². The third-order valence-corrected chi connectivity index (χ3v) is 3.16. The molecule has 0 aromatic heterocycles. The highest BCUT2D eigenvalue weighted by Crippen LogP contribution is 2.15. The van der Waals surface area contributed by atoms with Crippen molar-refractivity contribution < 1.29 is 4.57 Å². The molecular weight excluding hydrogens is 275 g/mol. The van der Waals surface area contributed by atoms with Crippen LogP contribution in [0.15, 0.2) is 39.8 Å². The lowest BCUT2D eigenvalue weighted by Gasteiger charge is -2.00. The van der Waals surface area contributed by atoms with Crippen molar-refractivity contribution in [2.24, 2.45) is 10.7 Å². The first-order valence-electron chi connectivity index (χ1n) is 4.27. The van der Waals surface area contributed by atoms with E-state index < -0.39 is 0 Å². The molecule has 3 nitrogen and oxygen atoms in total. The molecule has 1 aromatic rings. The molecule has 15 heavy (non-hydrogen) atoms. The highest BCUT2D eigenvalue weighted by Gasteiger charge is 2.02. The lowest BCUT2D eigenvalue weighted by atomic mass is 10.3. The highest BCUT2D eigenvalue weighted by molar-refractivity contribution is 9.12. The summed E-state index contributed by atoms with van der Waals surface area (Å²) in [6.45, 7) is 1.85. The number of rotatable bonds is 3. The maximum atomic E-state index is 10.8. The van der Waals surface area contributed by atoms with Crippen LogP contribution in [0.1, 0.15) is 6.92 Å². The number of aliphatic imine (C=N–C) groups is 1. The second-order valence-electron chi connectivity index (χ2n) is 2.71. The van der Waals surface area contributed by atoms with Gasteiger partial charge < -0.3 is 5.73 Å². The summed E-state index contributed by atoms with van der Waals surface area (Å²) in [5.74, 6) is 0.369. The van der Waals surface area contributed by atoms with Crippen molar-refractivity contribution in [2.45, 2.75) is 6.92 Å². The number of nitrogens with zero attached hydrogens (tertiary/aromatic N) is 1. The number of allylic oxidation sites excluding steroid dienone is 1. The zero-order valence-electron chi connectivity index (χ0n) is 8.14. The van der Waals surface area contributed by atoms with E-state index in [1.165, 1.54) is 0 Å². The quantitative estimate of drug-likeness (QED) is 0.527. The summed E-state index contributed by atoms with van der Waals surface area (Å²) in [4.78, 5) is 4.17. The van der Waals surface area contributed by atoms with Gasteiger partial charge in [-0.05, 0) is 35.0 Å². The summed E-state index contributed by atoms with van der Waals surface area (Å²) in [5.41, 5.74) is 6.33. The first kappa shape index (κ1) is 12.1. The Balaban J connectivity index is 3.13. The van der Waals surface area contributed by atoms with Crippen LogP contribution in [0.5, 0.6) is 0 Å². The minimum Gasteiger partial charge on any atom is -0.383 e. The number of para-hydroxylation sites is 1. The van der Waals surface area contributed by atoms with E-state index in [9.17, 15) is 4.57 Å². The summed E-state index contributed by atoms with van der Waals surface area (Å²) < 4.78 is 11.5. The van der Waals surface area contributed by atoms with Crippen LogP contribution < -0.4 is 11.0 Å². The lowest BCUT2D eigenvalue weighted by molar-refractivity contribution is 0.603. The maximum absolute atomic E-state index is 10.8. The smallest absolute Gasteiger partial charge is 0.194 e. The monoisotopic (exact) mass is 284 g/mol. The van der Waals surface area contributed by atoms with E-state index in [1.54, 1.807) is 24.3 Å². The van der Waals surface area contributed by atoms with Gasteiger partial charge in [0.05, 0.1) is 15.5 Å². The molecule has 0 unspecified atom stereocenters. The molecule has 0 heterocycles. The zero-order chi connectivity index (χ0) is 11.3. The summed E-state index contributed by atoms with van der Waals surface area (Å²) in [5, 5.41) is 0.622. The molecule has 1 aromatic carbocycles. The van der Waals surface area contributed by atoms with E-state index in [4.69, 9.17) is 5.73 Å². The predicted molar refractivity (Wildman–Crippen MR) is 67.6 cm³/mol. The van der Waals surface area contributed by atoms with Gasteiger partial charge >= 0.3 is 0 Å². The minimum atomic E-state index is -0.0577. The van der Waals surface area contributed by atoms with Gasteiger partial charge in [0, 0.05) is 0 Å². The molecule has 0 radical (unpaired) electrons. The summed E-state index contributed by atoms with van der Waals surface area (Å²) >= 11 is 3.27. The zero-order valence-corrected chi connectivity index (χ0v) is 10.6. The largest absolute Gasteiger partial charge is 0.383 e. The molecule has 78 valence electrons. The second kappa shape index (κ2) is 5.79. The van der Waals surface area contributed by atoms with E-state index in [1.807, 2.05) is 13.0 Å². The molecule has 0 aliphatic rings. The Bertz CT molecular complexity index is 429. The molecule has 0 aliphatic heterocycles. The Kier molecular flexibility index (Phi) is 4.66. The van der Waals surface area contributed by atoms with Crippen molar-refractivity contribution in [1.29, 1.82) is 0 Å². The van der Waals surface area contributed by atoms with Gasteiger partial charge in [-0.1, -0.05) is 18.2 Å². The Morgan fingerprint density at radius 3 is 2.80 bits per heavy atom. The van der Waals surface area contributed by atoms with Crippen molar-refractivity contribution >= 4 is 41.2 Å². The van der Waals surface area contributed by atoms with E-state index in [2.05, 4.69) is 20.9 Å². The van der Waals surface area contributed by atoms with Crippen LogP contribution in [0.25, 0.3) is 0 Å². The Morgan fingerprint density at radius 1 is 1.53 bits per heavy atom. The third kappa shape index (κ3) is 3.26. The standard InChI is InChI=1S/C10H10BrN2OP/c1-2-7(11)10(12)13-8-5-3-4-6-9(8)15-14/h2-6H,1H3,(H2,12,13)/b7-2+. The summed E-state index contributed by atoms with van der Waals surface area (Å²) in [6.07, 6.45) is 1.80. The Hall–Kier alpha value is -0.990. The van der Waals surface area contributed by atoms with Crippen LogP contribution in [0.4, 0.5) is 5.69 Å². The number of amidine groups is 1. The average Bonchev–Trinajstić information content (AvgIpc) is 2.28. The maximum Gasteiger partial charge on any atom is 0.194 e. The fourth-order valence-electron chi connectivity index (χ4n) is 0.967. The van der Waals surface area contributed by atoms with Crippen LogP contribution in [-0.4, -0.2) is 5.84 Å². The Morgan fingerprint density at radius 2 is 2.20 bits per heavy atom. The van der Waals surface area contributed by atoms with E-state index in [-0.39, 0.29) is 8.46 Å². The molecule has 0 aliphatic carbocycles. The van der Waals surface area contributed by atoms with Crippen LogP contribution in [0.3, 0.4) is 0 Å². The molecular formula is C10H10BrN2OP. The molecule has 0 atom stereocenters. The van der Waals surface area contributed by atoms with Crippen LogP contribution >= 0.6 is 24.4 Å². The van der Waals surface area contributed by atoms with Gasteiger partial charge in [0.15, 0.2) is 8.46 Å². The lowest BCUT2D eigenvalue weighted by Crippen LogP contribution is -2.11. The van der Waals surface area contributed by atoms with Gasteiger partial charge in [-0.2, -0.15) is 0 Å². The number of nitrogens with two attached hydrogens (primary N) is 1. The molecule has 5 heteroatoms. The normalized spacial score (nSPS) is 13.2. The fraction of sp³-hybridized carbons (Fsp3) is 0.100. The van der Waals surface area contributed by atoms with E-state index in [0.29, 0.717) is 16.8 Å². The predicted octanol–water partition coefficient (Wildman–Crippen LogP) is 2.89. The summed E-state index contributed by atoms with van der Waals surface area (Å²) in [7, 11) is -0.0577. The minimum absolute atomic E-state index is 0.0577. The number of halogens is 1. The van der Waals surface area contributed by atoms with E-state index in [0.717, 1.165) is 4.48 Å². The van der Waals surface area contributed by atoms with Crippen LogP contribution in [-0.2, 0) is 4.57 Å². The van der Waals surface area contributed by atoms with Crippen molar-refractivity contribution in [3.8, 4) is 0 Å².